The van der Waals surface area contributed by atoms with Gasteiger partial charge in [0.15, 0.2) is 0 Å². The Kier molecular flexibility index (Phi) is 4.22. The van der Waals surface area contributed by atoms with Gasteiger partial charge < -0.3 is 10.6 Å². The van der Waals surface area contributed by atoms with E-state index in [-0.39, 0.29) is 17.5 Å². The molecule has 1 heterocycles. The third-order valence-electron chi connectivity index (χ3n) is 2.33. The van der Waals surface area contributed by atoms with Gasteiger partial charge in [-0.05, 0) is 19.4 Å². The molecule has 0 aromatic carbocycles. The van der Waals surface area contributed by atoms with Gasteiger partial charge in [-0.1, -0.05) is 6.92 Å². The highest BCUT2D eigenvalue weighted by molar-refractivity contribution is 5.98. The van der Waals surface area contributed by atoms with Crippen LogP contribution >= 0.6 is 0 Å². The van der Waals surface area contributed by atoms with E-state index >= 15 is 0 Å². The summed E-state index contributed by atoms with van der Waals surface area (Å²) in [4.78, 5) is 15.6. The Morgan fingerprint density at radius 3 is 2.88 bits per heavy atom. The van der Waals surface area contributed by atoms with Crippen LogP contribution in [0.5, 0.6) is 0 Å². The minimum absolute atomic E-state index is 0.0560. The summed E-state index contributed by atoms with van der Waals surface area (Å²) in [6, 6.07) is 1.23. The lowest BCUT2D eigenvalue weighted by molar-refractivity contribution is 0.0939. The minimum atomic E-state index is -0.520. The summed E-state index contributed by atoms with van der Waals surface area (Å²) in [5, 5.41) is 5.52. The zero-order valence-electron chi connectivity index (χ0n) is 9.67. The van der Waals surface area contributed by atoms with Gasteiger partial charge in [0.2, 0.25) is 0 Å². The highest BCUT2D eigenvalue weighted by atomic mass is 19.1. The van der Waals surface area contributed by atoms with Gasteiger partial charge in [0, 0.05) is 13.1 Å². The lowest BCUT2D eigenvalue weighted by Crippen LogP contribution is -2.32. The second kappa shape index (κ2) is 5.44. The Balaban J connectivity index is 2.93. The Morgan fingerprint density at radius 1 is 1.62 bits per heavy atom. The largest absolute Gasteiger partial charge is 0.372 e. The first-order valence-corrected chi connectivity index (χ1v) is 5.22. The van der Waals surface area contributed by atoms with Crippen LogP contribution in [0.4, 0.5) is 10.2 Å². The summed E-state index contributed by atoms with van der Waals surface area (Å²) in [5.41, 5.74) is 0.225. The van der Waals surface area contributed by atoms with Gasteiger partial charge in [0.25, 0.3) is 5.91 Å². The third-order valence-corrected chi connectivity index (χ3v) is 2.33. The highest BCUT2D eigenvalue weighted by Crippen LogP contribution is 2.13. The molecule has 1 aromatic rings. The van der Waals surface area contributed by atoms with Crippen LogP contribution in [0.2, 0.25) is 0 Å². The molecule has 0 bridgehead atoms. The van der Waals surface area contributed by atoms with E-state index in [2.05, 4.69) is 15.6 Å². The average Bonchev–Trinajstić information content (AvgIpc) is 2.28. The van der Waals surface area contributed by atoms with E-state index in [1.165, 1.54) is 6.07 Å². The van der Waals surface area contributed by atoms with Gasteiger partial charge in [-0.15, -0.1) is 0 Å². The van der Waals surface area contributed by atoms with E-state index < -0.39 is 5.82 Å². The number of nitrogens with one attached hydrogen (secondary N) is 2. The summed E-state index contributed by atoms with van der Waals surface area (Å²) in [7, 11) is 1.64. The van der Waals surface area contributed by atoms with Crippen molar-refractivity contribution in [1.82, 2.24) is 10.3 Å². The van der Waals surface area contributed by atoms with Crippen molar-refractivity contribution in [3.8, 4) is 0 Å². The van der Waals surface area contributed by atoms with E-state index in [4.69, 9.17) is 0 Å². The van der Waals surface area contributed by atoms with E-state index in [1.54, 1.807) is 7.05 Å². The molecule has 1 unspecified atom stereocenters. The van der Waals surface area contributed by atoms with Crippen molar-refractivity contribution in [3.05, 3.63) is 23.6 Å². The predicted octanol–water partition coefficient (Wildman–Crippen LogP) is 1.79. The molecule has 88 valence electrons. The summed E-state index contributed by atoms with van der Waals surface area (Å²) in [5.74, 6) is -0.457. The molecule has 1 aromatic heterocycles. The molecule has 0 radical (unpaired) electrons. The van der Waals surface area contributed by atoms with Gasteiger partial charge in [-0.25, -0.2) is 9.37 Å². The number of amides is 1. The number of pyridine rings is 1. The summed E-state index contributed by atoms with van der Waals surface area (Å²) in [6.07, 6.45) is 1.90. The van der Waals surface area contributed by atoms with Gasteiger partial charge in [0.05, 0.1) is 11.8 Å². The molecule has 0 spiro atoms. The maximum absolute atomic E-state index is 13.0. The quantitative estimate of drug-likeness (QED) is 0.821. The standard InChI is InChI=1S/C11H16FN3O/c1-4-7(2)15-11(16)9-5-8(12)6-14-10(9)13-3/h5-7H,4H2,1-3H3,(H,13,14)(H,15,16). The van der Waals surface area contributed by atoms with Crippen LogP contribution in [-0.2, 0) is 0 Å². The number of carbonyl (C=O) groups is 1. The van der Waals surface area contributed by atoms with Crippen LogP contribution < -0.4 is 10.6 Å². The third kappa shape index (κ3) is 2.92. The first-order chi connectivity index (χ1) is 7.58. The molecule has 0 saturated carbocycles. The number of anilines is 1. The van der Waals surface area contributed by atoms with Crippen LogP contribution in [0, 0.1) is 5.82 Å². The summed E-state index contributed by atoms with van der Waals surface area (Å²) >= 11 is 0. The van der Waals surface area contributed by atoms with Gasteiger partial charge in [-0.2, -0.15) is 0 Å². The lowest BCUT2D eigenvalue weighted by Gasteiger charge is -2.13. The van der Waals surface area contributed by atoms with Crippen LogP contribution in [-0.4, -0.2) is 24.0 Å². The number of rotatable bonds is 4. The molecule has 5 heteroatoms. The van der Waals surface area contributed by atoms with Crippen LogP contribution in [0.15, 0.2) is 12.3 Å². The normalized spacial score (nSPS) is 12.0. The zero-order chi connectivity index (χ0) is 12.1. The number of hydrogen-bond donors (Lipinski definition) is 2. The van der Waals surface area contributed by atoms with Crippen LogP contribution in [0.25, 0.3) is 0 Å². The molecular weight excluding hydrogens is 209 g/mol. The molecule has 2 N–H and O–H groups in total. The van der Waals surface area contributed by atoms with Crippen molar-refractivity contribution in [2.45, 2.75) is 26.3 Å². The second-order valence-electron chi connectivity index (χ2n) is 3.58. The fourth-order valence-corrected chi connectivity index (χ4v) is 1.22. The Hall–Kier alpha value is -1.65. The fraction of sp³-hybridized carbons (Fsp3) is 0.455. The predicted molar refractivity (Wildman–Crippen MR) is 61.0 cm³/mol. The monoisotopic (exact) mass is 225 g/mol. The molecule has 1 atom stereocenters. The van der Waals surface area contributed by atoms with E-state index in [0.717, 1.165) is 12.6 Å². The molecule has 0 aliphatic heterocycles. The van der Waals surface area contributed by atoms with Crippen molar-refractivity contribution >= 4 is 11.7 Å². The summed E-state index contributed by atoms with van der Waals surface area (Å²) in [6.45, 7) is 3.86. The van der Waals surface area contributed by atoms with E-state index in [1.807, 2.05) is 13.8 Å². The topological polar surface area (TPSA) is 54.0 Å². The Labute approximate surface area is 94.3 Å². The van der Waals surface area contributed by atoms with Crippen molar-refractivity contribution in [3.63, 3.8) is 0 Å². The first kappa shape index (κ1) is 12.4. The van der Waals surface area contributed by atoms with Gasteiger partial charge >= 0.3 is 0 Å². The number of hydrogen-bond acceptors (Lipinski definition) is 3. The second-order valence-corrected chi connectivity index (χ2v) is 3.58. The molecule has 0 aliphatic rings. The number of halogens is 1. The molecule has 4 nitrogen and oxygen atoms in total. The molecule has 1 amide bonds. The van der Waals surface area contributed by atoms with E-state index in [0.29, 0.717) is 5.82 Å². The molecule has 0 fully saturated rings. The zero-order valence-corrected chi connectivity index (χ0v) is 9.67. The first-order valence-electron chi connectivity index (χ1n) is 5.22. The minimum Gasteiger partial charge on any atom is -0.372 e. The molecular formula is C11H16FN3O. The van der Waals surface area contributed by atoms with Crippen molar-refractivity contribution in [1.29, 1.82) is 0 Å². The van der Waals surface area contributed by atoms with Crippen molar-refractivity contribution < 1.29 is 9.18 Å². The maximum Gasteiger partial charge on any atom is 0.255 e. The maximum atomic E-state index is 13.0. The van der Waals surface area contributed by atoms with Crippen LogP contribution in [0.3, 0.4) is 0 Å². The van der Waals surface area contributed by atoms with Gasteiger partial charge in [0.1, 0.15) is 11.6 Å². The number of aromatic nitrogens is 1. The average molecular weight is 225 g/mol. The Bertz CT molecular complexity index is 381. The number of carbonyl (C=O) groups excluding carboxylic acids is 1. The molecule has 16 heavy (non-hydrogen) atoms. The smallest absolute Gasteiger partial charge is 0.255 e. The van der Waals surface area contributed by atoms with Gasteiger partial charge in [-0.3, -0.25) is 4.79 Å². The Morgan fingerprint density at radius 2 is 2.31 bits per heavy atom. The lowest BCUT2D eigenvalue weighted by atomic mass is 10.2. The van der Waals surface area contributed by atoms with Crippen molar-refractivity contribution in [2.75, 3.05) is 12.4 Å². The van der Waals surface area contributed by atoms with E-state index in [9.17, 15) is 9.18 Å². The molecule has 0 aliphatic carbocycles. The van der Waals surface area contributed by atoms with Crippen LogP contribution in [0.1, 0.15) is 30.6 Å². The SMILES string of the molecule is CCC(C)NC(=O)c1cc(F)cnc1NC. The fourth-order valence-electron chi connectivity index (χ4n) is 1.22. The highest BCUT2D eigenvalue weighted by Gasteiger charge is 2.14. The molecule has 0 saturated heterocycles. The summed E-state index contributed by atoms with van der Waals surface area (Å²) < 4.78 is 13.0. The number of nitrogens with zero attached hydrogens (tertiary/aromatic N) is 1. The molecule has 1 rings (SSSR count). The van der Waals surface area contributed by atoms with Crippen molar-refractivity contribution in [2.24, 2.45) is 0 Å².